The number of nitrogens with one attached hydrogen (secondary N) is 2. The fourth-order valence-corrected chi connectivity index (χ4v) is 3.13. The minimum atomic E-state index is -0.363. The van der Waals surface area contributed by atoms with Gasteiger partial charge < -0.3 is 15.7 Å². The predicted octanol–water partition coefficient (Wildman–Crippen LogP) is 3.49. The molecule has 0 aliphatic carbocycles. The van der Waals surface area contributed by atoms with Gasteiger partial charge in [-0.05, 0) is 35.4 Å². The molecule has 0 saturated heterocycles. The minimum absolute atomic E-state index is 0.0524. The van der Waals surface area contributed by atoms with Crippen LogP contribution in [0.2, 0.25) is 0 Å². The van der Waals surface area contributed by atoms with Crippen LogP contribution in [-0.4, -0.2) is 11.0 Å². The van der Waals surface area contributed by atoms with Crippen molar-refractivity contribution >= 4 is 17.3 Å². The summed E-state index contributed by atoms with van der Waals surface area (Å²) in [5.74, 6) is -0.223. The van der Waals surface area contributed by atoms with Crippen LogP contribution in [0.1, 0.15) is 22.6 Å². The lowest BCUT2D eigenvalue weighted by atomic mass is 9.91. The third-order valence-electron chi connectivity index (χ3n) is 4.25. The summed E-state index contributed by atoms with van der Waals surface area (Å²) in [4.78, 5) is 12.6. The average molecular weight is 316 g/mol. The number of benzene rings is 2. The van der Waals surface area contributed by atoms with Crippen LogP contribution < -0.4 is 10.6 Å². The maximum atomic E-state index is 12.6. The van der Waals surface area contributed by atoms with Crippen molar-refractivity contribution in [3.05, 3.63) is 89.7 Å². The van der Waals surface area contributed by atoms with E-state index in [9.17, 15) is 9.90 Å². The molecule has 1 amide bonds. The number of rotatable bonds is 2. The van der Waals surface area contributed by atoms with Crippen molar-refractivity contribution in [1.29, 1.82) is 0 Å². The number of fused-ring (bicyclic) bond motifs is 1. The summed E-state index contributed by atoms with van der Waals surface area (Å²) in [7, 11) is 0. The summed E-state index contributed by atoms with van der Waals surface area (Å²) in [6.45, 7) is 0. The third kappa shape index (κ3) is 2.38. The number of phenols is 1. The van der Waals surface area contributed by atoms with Gasteiger partial charge in [-0.3, -0.25) is 4.79 Å². The highest BCUT2D eigenvalue weighted by Crippen LogP contribution is 2.41. The average Bonchev–Trinajstić information content (AvgIpc) is 2.76. The fourth-order valence-electron chi connectivity index (χ4n) is 3.13. The molecular weight excluding hydrogens is 300 g/mol. The van der Waals surface area contributed by atoms with Gasteiger partial charge in [0.2, 0.25) is 5.91 Å². The van der Waals surface area contributed by atoms with E-state index in [0.29, 0.717) is 0 Å². The molecule has 2 aromatic rings. The molecule has 1 atom stereocenters. The fraction of sp³-hybridized carbons (Fsp3) is 0.0500. The summed E-state index contributed by atoms with van der Waals surface area (Å²) >= 11 is 0. The molecule has 118 valence electrons. The zero-order valence-electron chi connectivity index (χ0n) is 12.9. The van der Waals surface area contributed by atoms with Crippen molar-refractivity contribution in [3.63, 3.8) is 0 Å². The van der Waals surface area contributed by atoms with Gasteiger partial charge in [-0.2, -0.15) is 0 Å². The summed E-state index contributed by atoms with van der Waals surface area (Å²) in [6.07, 6.45) is 9.67. The van der Waals surface area contributed by atoms with Crippen molar-refractivity contribution in [3.8, 4) is 5.75 Å². The lowest BCUT2D eigenvalue weighted by Gasteiger charge is -2.13. The summed E-state index contributed by atoms with van der Waals surface area (Å²) in [5, 5.41) is 15.7. The molecule has 2 aromatic carbocycles. The van der Waals surface area contributed by atoms with Crippen LogP contribution in [0, 0.1) is 0 Å². The molecule has 4 nitrogen and oxygen atoms in total. The first-order valence-corrected chi connectivity index (χ1v) is 7.77. The Bertz CT molecular complexity index is 892. The minimum Gasteiger partial charge on any atom is -0.508 e. The third-order valence-corrected chi connectivity index (χ3v) is 4.25. The molecule has 2 aliphatic heterocycles. The summed E-state index contributed by atoms with van der Waals surface area (Å²) < 4.78 is 0. The molecule has 0 fully saturated rings. The van der Waals surface area contributed by atoms with Crippen LogP contribution in [0.25, 0.3) is 5.70 Å². The number of phenolic OH excluding ortho intramolecular Hbond substituents is 1. The number of aromatic hydroxyl groups is 1. The van der Waals surface area contributed by atoms with E-state index in [2.05, 4.69) is 10.6 Å². The van der Waals surface area contributed by atoms with Crippen molar-refractivity contribution < 1.29 is 9.90 Å². The Hall–Kier alpha value is -3.27. The van der Waals surface area contributed by atoms with Gasteiger partial charge in [0.05, 0.1) is 11.6 Å². The number of allylic oxidation sites excluding steroid dienone is 4. The highest BCUT2D eigenvalue weighted by atomic mass is 16.3. The Morgan fingerprint density at radius 3 is 2.62 bits per heavy atom. The highest BCUT2D eigenvalue weighted by Gasteiger charge is 2.33. The standard InChI is InChI=1S/C20H16N2O2/c23-14-10-8-13(9-11-14)18-16-6-4-5-15(19(16)22-20(18)24)17-7-2-1-3-12-21-17/h1-12,18,21,23H,(H,22,24). The number of anilines is 1. The van der Waals surface area contributed by atoms with Gasteiger partial charge in [0, 0.05) is 17.5 Å². The number of para-hydroxylation sites is 1. The van der Waals surface area contributed by atoms with Gasteiger partial charge in [-0.25, -0.2) is 0 Å². The molecule has 0 radical (unpaired) electrons. The second-order valence-electron chi connectivity index (χ2n) is 5.75. The first-order valence-electron chi connectivity index (χ1n) is 7.77. The van der Waals surface area contributed by atoms with Crippen LogP contribution in [0.5, 0.6) is 5.75 Å². The topological polar surface area (TPSA) is 61.4 Å². The van der Waals surface area contributed by atoms with Crippen LogP contribution >= 0.6 is 0 Å². The van der Waals surface area contributed by atoms with Crippen LogP contribution in [0.3, 0.4) is 0 Å². The quantitative estimate of drug-likeness (QED) is 0.795. The first kappa shape index (κ1) is 14.3. The van der Waals surface area contributed by atoms with Crippen molar-refractivity contribution in [2.75, 3.05) is 5.32 Å². The number of hydrogen-bond acceptors (Lipinski definition) is 3. The number of carbonyl (C=O) groups is 1. The second-order valence-corrected chi connectivity index (χ2v) is 5.75. The van der Waals surface area contributed by atoms with Crippen LogP contribution in [0.4, 0.5) is 5.69 Å². The normalized spacial score (nSPS) is 18.4. The molecule has 3 N–H and O–H groups in total. The molecule has 2 aliphatic rings. The van der Waals surface area contributed by atoms with E-state index in [1.807, 2.05) is 48.7 Å². The van der Waals surface area contributed by atoms with Crippen LogP contribution in [-0.2, 0) is 4.79 Å². The lowest BCUT2D eigenvalue weighted by molar-refractivity contribution is -0.116. The molecule has 0 bridgehead atoms. The molecule has 4 heteroatoms. The van der Waals surface area contributed by atoms with Crippen molar-refractivity contribution in [1.82, 2.24) is 5.32 Å². The molecule has 2 heterocycles. The lowest BCUT2D eigenvalue weighted by Crippen LogP contribution is -2.13. The zero-order chi connectivity index (χ0) is 16.5. The van der Waals surface area contributed by atoms with Gasteiger partial charge >= 0.3 is 0 Å². The van der Waals surface area contributed by atoms with E-state index in [0.717, 1.165) is 28.1 Å². The predicted molar refractivity (Wildman–Crippen MR) is 94.4 cm³/mol. The molecule has 4 rings (SSSR count). The Balaban J connectivity index is 1.80. The van der Waals surface area contributed by atoms with E-state index in [1.54, 1.807) is 24.3 Å². The smallest absolute Gasteiger partial charge is 0.236 e. The number of carbonyl (C=O) groups excluding carboxylic acids is 1. The molecule has 0 aromatic heterocycles. The molecule has 24 heavy (non-hydrogen) atoms. The summed E-state index contributed by atoms with van der Waals surface area (Å²) in [6, 6.07) is 12.7. The Labute approximate surface area is 139 Å². The molecular formula is C20H16N2O2. The van der Waals surface area contributed by atoms with Gasteiger partial charge in [0.1, 0.15) is 5.75 Å². The number of hydrogen-bond donors (Lipinski definition) is 3. The maximum absolute atomic E-state index is 12.6. The molecule has 1 unspecified atom stereocenters. The monoisotopic (exact) mass is 316 g/mol. The number of amides is 1. The van der Waals surface area contributed by atoms with Gasteiger partial charge in [-0.15, -0.1) is 0 Å². The Morgan fingerprint density at radius 1 is 0.958 bits per heavy atom. The first-order chi connectivity index (χ1) is 11.7. The van der Waals surface area contributed by atoms with E-state index >= 15 is 0 Å². The van der Waals surface area contributed by atoms with Crippen LogP contribution in [0.15, 0.2) is 73.0 Å². The SMILES string of the molecule is O=C1Nc2c(C3=CC=CC=CN3)cccc2C1c1ccc(O)cc1. The summed E-state index contributed by atoms with van der Waals surface area (Å²) in [5.41, 5.74) is 4.54. The van der Waals surface area contributed by atoms with Crippen molar-refractivity contribution in [2.24, 2.45) is 0 Å². The zero-order valence-corrected chi connectivity index (χ0v) is 12.9. The van der Waals surface area contributed by atoms with Gasteiger partial charge in [-0.1, -0.05) is 42.5 Å². The Morgan fingerprint density at radius 2 is 1.79 bits per heavy atom. The van der Waals surface area contributed by atoms with E-state index in [1.165, 1.54) is 0 Å². The van der Waals surface area contributed by atoms with E-state index in [4.69, 9.17) is 0 Å². The molecule has 0 saturated carbocycles. The largest absolute Gasteiger partial charge is 0.508 e. The van der Waals surface area contributed by atoms with E-state index in [-0.39, 0.29) is 17.6 Å². The molecule has 0 spiro atoms. The van der Waals surface area contributed by atoms with Gasteiger partial charge in [0.15, 0.2) is 0 Å². The van der Waals surface area contributed by atoms with E-state index < -0.39 is 0 Å². The second kappa shape index (κ2) is 5.74. The highest BCUT2D eigenvalue weighted by molar-refractivity contribution is 6.07. The van der Waals surface area contributed by atoms with Crippen molar-refractivity contribution in [2.45, 2.75) is 5.92 Å². The Kier molecular flexibility index (Phi) is 3.43. The van der Waals surface area contributed by atoms with Gasteiger partial charge in [0.25, 0.3) is 0 Å². The maximum Gasteiger partial charge on any atom is 0.236 e.